The molecular formula is C9H14N4O. The van der Waals surface area contributed by atoms with Crippen molar-refractivity contribution in [3.8, 4) is 0 Å². The monoisotopic (exact) mass is 194 g/mol. The molecule has 0 aromatic carbocycles. The highest BCUT2D eigenvalue weighted by atomic mass is 16.4. The van der Waals surface area contributed by atoms with E-state index in [0.29, 0.717) is 6.04 Å². The molecule has 1 unspecified atom stereocenters. The van der Waals surface area contributed by atoms with Crippen molar-refractivity contribution in [2.45, 2.75) is 24.9 Å². The van der Waals surface area contributed by atoms with Crippen LogP contribution >= 0.6 is 0 Å². The number of aromatic nitrogens is 2. The van der Waals surface area contributed by atoms with E-state index in [9.17, 15) is 0 Å². The van der Waals surface area contributed by atoms with Crippen LogP contribution in [0.5, 0.6) is 0 Å². The van der Waals surface area contributed by atoms with E-state index in [1.54, 1.807) is 0 Å². The van der Waals surface area contributed by atoms with E-state index in [2.05, 4.69) is 20.4 Å². The Morgan fingerprint density at radius 3 is 3.00 bits per heavy atom. The molecule has 76 valence electrons. The van der Waals surface area contributed by atoms with Crippen LogP contribution in [0.4, 0.5) is 0 Å². The van der Waals surface area contributed by atoms with E-state index < -0.39 is 0 Å². The summed E-state index contributed by atoms with van der Waals surface area (Å²) in [7, 11) is 0. The molecule has 1 N–H and O–H groups in total. The lowest BCUT2D eigenvalue weighted by molar-refractivity contribution is 0.166. The zero-order chi connectivity index (χ0) is 9.38. The largest absolute Gasteiger partial charge is 0.426 e. The van der Waals surface area contributed by atoms with Gasteiger partial charge in [-0.25, -0.2) is 0 Å². The second-order valence-electron chi connectivity index (χ2n) is 4.01. The first-order chi connectivity index (χ1) is 6.93. The maximum absolute atomic E-state index is 5.28. The number of nitrogens with one attached hydrogen (secondary N) is 1. The van der Waals surface area contributed by atoms with Gasteiger partial charge in [0.2, 0.25) is 12.3 Å². The number of fused-ring (bicyclic) bond motifs is 4. The Bertz CT molecular complexity index is 292. The Morgan fingerprint density at radius 1 is 1.43 bits per heavy atom. The summed E-state index contributed by atoms with van der Waals surface area (Å²) in [5.74, 6) is 0.750. The summed E-state index contributed by atoms with van der Waals surface area (Å²) in [6.45, 7) is 3.22. The molecular weight excluding hydrogens is 180 g/mol. The van der Waals surface area contributed by atoms with Gasteiger partial charge < -0.3 is 9.73 Å². The molecule has 1 atom stereocenters. The van der Waals surface area contributed by atoms with Crippen LogP contribution in [0.3, 0.4) is 0 Å². The van der Waals surface area contributed by atoms with Gasteiger partial charge in [0.05, 0.1) is 0 Å². The molecule has 0 spiro atoms. The van der Waals surface area contributed by atoms with Crippen molar-refractivity contribution in [1.29, 1.82) is 0 Å². The highest BCUT2D eigenvalue weighted by molar-refractivity contribution is 4.96. The molecule has 1 aromatic rings. The van der Waals surface area contributed by atoms with Crippen molar-refractivity contribution in [2.24, 2.45) is 0 Å². The van der Waals surface area contributed by atoms with Crippen LogP contribution in [-0.4, -0.2) is 40.8 Å². The van der Waals surface area contributed by atoms with E-state index in [-0.39, 0.29) is 6.04 Å². The van der Waals surface area contributed by atoms with Crippen LogP contribution in [0.1, 0.15) is 24.8 Å². The first-order valence-corrected chi connectivity index (χ1v) is 5.17. The lowest BCUT2D eigenvalue weighted by Crippen LogP contribution is -2.35. The highest BCUT2D eigenvalue weighted by Gasteiger charge is 2.32. The van der Waals surface area contributed by atoms with Crippen molar-refractivity contribution in [3.05, 3.63) is 12.3 Å². The summed E-state index contributed by atoms with van der Waals surface area (Å²) in [6.07, 6.45) is 3.89. The molecule has 0 radical (unpaired) electrons. The number of hydrogen-bond donors (Lipinski definition) is 1. The van der Waals surface area contributed by atoms with Gasteiger partial charge in [0.15, 0.2) is 0 Å². The van der Waals surface area contributed by atoms with Gasteiger partial charge in [-0.15, -0.1) is 10.2 Å². The molecule has 3 aliphatic heterocycles. The quantitative estimate of drug-likeness (QED) is 0.691. The smallest absolute Gasteiger partial charge is 0.234 e. The minimum atomic E-state index is 0.282. The average molecular weight is 194 g/mol. The maximum Gasteiger partial charge on any atom is 0.234 e. The summed E-state index contributed by atoms with van der Waals surface area (Å²) < 4.78 is 5.28. The van der Waals surface area contributed by atoms with Crippen LogP contribution in [0.15, 0.2) is 10.8 Å². The summed E-state index contributed by atoms with van der Waals surface area (Å²) in [6, 6.07) is 0.976. The van der Waals surface area contributed by atoms with Crippen LogP contribution in [0.25, 0.3) is 0 Å². The molecule has 5 heteroatoms. The molecule has 2 bridgehead atoms. The van der Waals surface area contributed by atoms with Crippen LogP contribution < -0.4 is 5.32 Å². The van der Waals surface area contributed by atoms with E-state index in [1.807, 2.05) is 0 Å². The average Bonchev–Trinajstić information content (AvgIpc) is 2.60. The van der Waals surface area contributed by atoms with Gasteiger partial charge in [0.1, 0.15) is 6.04 Å². The predicted molar refractivity (Wildman–Crippen MR) is 49.6 cm³/mol. The molecule has 0 amide bonds. The third-order valence-electron chi connectivity index (χ3n) is 3.23. The fourth-order valence-corrected chi connectivity index (χ4v) is 2.39. The highest BCUT2D eigenvalue weighted by Crippen LogP contribution is 2.26. The summed E-state index contributed by atoms with van der Waals surface area (Å²) in [4.78, 5) is 2.43. The van der Waals surface area contributed by atoms with Crippen LogP contribution in [0, 0.1) is 0 Å². The lowest BCUT2D eigenvalue weighted by atomic mass is 10.1. The zero-order valence-electron chi connectivity index (χ0n) is 8.02. The summed E-state index contributed by atoms with van der Waals surface area (Å²) >= 11 is 0. The van der Waals surface area contributed by atoms with Crippen molar-refractivity contribution in [1.82, 2.24) is 20.4 Å². The van der Waals surface area contributed by atoms with Crippen LogP contribution in [0.2, 0.25) is 0 Å². The Hall–Kier alpha value is -0.940. The van der Waals surface area contributed by atoms with E-state index in [1.165, 1.54) is 19.2 Å². The fourth-order valence-electron chi connectivity index (χ4n) is 2.39. The molecule has 5 nitrogen and oxygen atoms in total. The minimum Gasteiger partial charge on any atom is -0.426 e. The molecule has 14 heavy (non-hydrogen) atoms. The molecule has 4 rings (SSSR count). The standard InChI is InChI=1S/C9H14N4O/c1-3-13-4-2-7(1)10-5-8(13)9-12-11-6-14-9/h6-8,10H,1-5H2. The van der Waals surface area contributed by atoms with Crippen molar-refractivity contribution >= 4 is 0 Å². The molecule has 3 aliphatic rings. The van der Waals surface area contributed by atoms with Gasteiger partial charge in [-0.3, -0.25) is 4.90 Å². The molecule has 4 heterocycles. The first-order valence-electron chi connectivity index (χ1n) is 5.17. The molecule has 0 aliphatic carbocycles. The second-order valence-corrected chi connectivity index (χ2v) is 4.01. The molecule has 1 aromatic heterocycles. The van der Waals surface area contributed by atoms with Crippen molar-refractivity contribution < 1.29 is 4.42 Å². The minimum absolute atomic E-state index is 0.282. The molecule has 3 fully saturated rings. The topological polar surface area (TPSA) is 54.2 Å². The normalized spacial score (nSPS) is 37.0. The van der Waals surface area contributed by atoms with Crippen LogP contribution in [-0.2, 0) is 0 Å². The maximum atomic E-state index is 5.28. The Labute approximate surface area is 82.5 Å². The lowest BCUT2D eigenvalue weighted by Gasteiger charge is -2.29. The van der Waals surface area contributed by atoms with E-state index in [4.69, 9.17) is 4.42 Å². The zero-order valence-corrected chi connectivity index (χ0v) is 8.02. The van der Waals surface area contributed by atoms with Gasteiger partial charge in [-0.1, -0.05) is 0 Å². The van der Waals surface area contributed by atoms with Gasteiger partial charge in [0.25, 0.3) is 0 Å². The second kappa shape index (κ2) is 3.33. The SMILES string of the molecule is c1nnc(C2CNC3CCN2CC3)o1. The Balaban J connectivity index is 1.85. The number of hydrogen-bond acceptors (Lipinski definition) is 5. The number of nitrogens with zero attached hydrogens (tertiary/aromatic N) is 3. The van der Waals surface area contributed by atoms with Gasteiger partial charge in [0, 0.05) is 25.7 Å². The molecule has 3 saturated heterocycles. The van der Waals surface area contributed by atoms with Gasteiger partial charge >= 0.3 is 0 Å². The van der Waals surface area contributed by atoms with Gasteiger partial charge in [-0.05, 0) is 12.8 Å². The third kappa shape index (κ3) is 1.33. The Kier molecular flexibility index (Phi) is 1.99. The van der Waals surface area contributed by atoms with Crippen molar-refractivity contribution in [2.75, 3.05) is 19.6 Å². The molecule has 0 saturated carbocycles. The first kappa shape index (κ1) is 8.38. The van der Waals surface area contributed by atoms with Gasteiger partial charge in [-0.2, -0.15) is 0 Å². The third-order valence-corrected chi connectivity index (χ3v) is 3.23. The van der Waals surface area contributed by atoms with E-state index in [0.717, 1.165) is 25.5 Å². The fraction of sp³-hybridized carbons (Fsp3) is 0.778. The summed E-state index contributed by atoms with van der Waals surface area (Å²) in [5, 5.41) is 11.3. The van der Waals surface area contributed by atoms with E-state index >= 15 is 0 Å². The predicted octanol–water partition coefficient (Wildman–Crippen LogP) is 0.178. The number of piperidine rings is 1. The van der Waals surface area contributed by atoms with Crippen molar-refractivity contribution in [3.63, 3.8) is 0 Å². The number of rotatable bonds is 1. The Morgan fingerprint density at radius 2 is 2.29 bits per heavy atom. The summed E-state index contributed by atoms with van der Waals surface area (Å²) in [5.41, 5.74) is 0.